The maximum absolute atomic E-state index is 12.6. The number of hydrogen-bond donors (Lipinski definition) is 2. The maximum atomic E-state index is 12.6. The van der Waals surface area contributed by atoms with E-state index in [9.17, 15) is 4.79 Å². The van der Waals surface area contributed by atoms with Crippen LogP contribution in [0.2, 0.25) is 0 Å². The van der Waals surface area contributed by atoms with Crippen molar-refractivity contribution in [1.29, 1.82) is 0 Å². The molecule has 2 aromatic carbocycles. The Balaban J connectivity index is 0.00000208. The van der Waals surface area contributed by atoms with E-state index in [0.717, 1.165) is 30.7 Å². The van der Waals surface area contributed by atoms with Crippen LogP contribution >= 0.6 is 12.4 Å². The number of halogens is 1. The quantitative estimate of drug-likeness (QED) is 0.807. The molecule has 0 atom stereocenters. The maximum Gasteiger partial charge on any atom is 0.230 e. The zero-order valence-corrected chi connectivity index (χ0v) is 14.4. The van der Waals surface area contributed by atoms with E-state index in [2.05, 4.69) is 17.4 Å². The molecule has 2 aromatic rings. The summed E-state index contributed by atoms with van der Waals surface area (Å²) in [6.45, 7) is 0.979. The summed E-state index contributed by atoms with van der Waals surface area (Å²) in [5, 5.41) is 3.03. The Morgan fingerprint density at radius 2 is 1.75 bits per heavy atom. The molecule has 1 saturated carbocycles. The number of hydrogen-bond acceptors (Lipinski definition) is 3. The minimum absolute atomic E-state index is 0. The van der Waals surface area contributed by atoms with Gasteiger partial charge >= 0.3 is 0 Å². The predicted molar refractivity (Wildman–Crippen MR) is 98.7 cm³/mol. The molecule has 128 valence electrons. The minimum Gasteiger partial charge on any atom is -0.492 e. The molecule has 1 amide bonds. The van der Waals surface area contributed by atoms with Gasteiger partial charge in [-0.1, -0.05) is 30.3 Å². The van der Waals surface area contributed by atoms with Crippen LogP contribution in [0.3, 0.4) is 0 Å². The lowest BCUT2D eigenvalue weighted by Crippen LogP contribution is -2.26. The Morgan fingerprint density at radius 3 is 2.33 bits per heavy atom. The molecule has 0 aliphatic heterocycles. The Bertz CT molecular complexity index is 655. The lowest BCUT2D eigenvalue weighted by Gasteiger charge is -2.15. The number of nitrogens with two attached hydrogens (primary N) is 1. The Labute approximate surface area is 148 Å². The van der Waals surface area contributed by atoms with Crippen molar-refractivity contribution in [2.45, 2.75) is 19.3 Å². The molecular formula is C19H23ClN2O2. The van der Waals surface area contributed by atoms with Gasteiger partial charge in [0.15, 0.2) is 0 Å². The first-order valence-corrected chi connectivity index (χ1v) is 8.00. The van der Waals surface area contributed by atoms with E-state index in [1.165, 1.54) is 5.56 Å². The number of nitrogens with one attached hydrogen (secondary N) is 1. The average molecular weight is 347 g/mol. The van der Waals surface area contributed by atoms with Gasteiger partial charge in [0.2, 0.25) is 5.91 Å². The first-order valence-electron chi connectivity index (χ1n) is 8.00. The fourth-order valence-electron chi connectivity index (χ4n) is 2.70. The first-order chi connectivity index (χ1) is 11.2. The highest BCUT2D eigenvalue weighted by atomic mass is 35.5. The van der Waals surface area contributed by atoms with Crippen LogP contribution in [0.15, 0.2) is 54.6 Å². The van der Waals surface area contributed by atoms with E-state index in [4.69, 9.17) is 10.5 Å². The van der Waals surface area contributed by atoms with Crippen LogP contribution in [0.1, 0.15) is 18.4 Å². The third kappa shape index (κ3) is 4.49. The number of rotatable bonds is 7. The second kappa shape index (κ2) is 8.18. The lowest BCUT2D eigenvalue weighted by molar-refractivity contribution is -0.121. The van der Waals surface area contributed by atoms with Gasteiger partial charge < -0.3 is 15.8 Å². The van der Waals surface area contributed by atoms with Gasteiger partial charge in [-0.3, -0.25) is 4.79 Å². The van der Waals surface area contributed by atoms with Crippen molar-refractivity contribution in [3.8, 4) is 5.75 Å². The van der Waals surface area contributed by atoms with E-state index in [0.29, 0.717) is 13.2 Å². The monoisotopic (exact) mass is 346 g/mol. The first kappa shape index (κ1) is 18.3. The molecule has 5 heteroatoms. The summed E-state index contributed by atoms with van der Waals surface area (Å²) in [5.74, 6) is 0.871. The Kier molecular flexibility index (Phi) is 6.23. The van der Waals surface area contributed by atoms with Gasteiger partial charge in [0, 0.05) is 12.2 Å². The van der Waals surface area contributed by atoms with Crippen LogP contribution in [-0.4, -0.2) is 19.1 Å². The van der Waals surface area contributed by atoms with Crippen molar-refractivity contribution in [3.05, 3.63) is 60.2 Å². The zero-order valence-electron chi connectivity index (χ0n) is 13.5. The van der Waals surface area contributed by atoms with Gasteiger partial charge in [0.25, 0.3) is 0 Å². The van der Waals surface area contributed by atoms with Crippen molar-refractivity contribution in [3.63, 3.8) is 0 Å². The molecule has 0 radical (unpaired) electrons. The molecule has 1 fully saturated rings. The molecule has 24 heavy (non-hydrogen) atoms. The third-order valence-electron chi connectivity index (χ3n) is 4.22. The van der Waals surface area contributed by atoms with Crippen LogP contribution in [-0.2, 0) is 11.2 Å². The molecule has 0 spiro atoms. The summed E-state index contributed by atoms with van der Waals surface area (Å²) in [6, 6.07) is 17.6. The smallest absolute Gasteiger partial charge is 0.230 e. The van der Waals surface area contributed by atoms with Crippen molar-refractivity contribution >= 4 is 24.0 Å². The molecule has 1 aliphatic rings. The average Bonchev–Trinajstić information content (AvgIpc) is 3.36. The summed E-state index contributed by atoms with van der Waals surface area (Å²) < 4.78 is 5.44. The Hall–Kier alpha value is -2.04. The summed E-state index contributed by atoms with van der Waals surface area (Å²) in [6.07, 6.45) is 2.70. The molecule has 1 aliphatic carbocycles. The number of carbonyl (C=O) groups excluding carboxylic acids is 1. The van der Waals surface area contributed by atoms with E-state index in [1.807, 2.05) is 42.5 Å². The summed E-state index contributed by atoms with van der Waals surface area (Å²) >= 11 is 0. The van der Waals surface area contributed by atoms with E-state index < -0.39 is 0 Å². The van der Waals surface area contributed by atoms with Crippen molar-refractivity contribution in [2.24, 2.45) is 11.1 Å². The van der Waals surface area contributed by atoms with Crippen LogP contribution in [0.25, 0.3) is 0 Å². The molecule has 3 N–H and O–H groups in total. The Morgan fingerprint density at radius 1 is 1.08 bits per heavy atom. The predicted octanol–water partition coefficient (Wildman–Crippen LogP) is 3.41. The van der Waals surface area contributed by atoms with Gasteiger partial charge in [-0.05, 0) is 49.1 Å². The van der Waals surface area contributed by atoms with Crippen LogP contribution in [0.5, 0.6) is 5.75 Å². The molecule has 0 heterocycles. The second-order valence-corrected chi connectivity index (χ2v) is 6.06. The fraction of sp³-hybridized carbons (Fsp3) is 0.316. The summed E-state index contributed by atoms with van der Waals surface area (Å²) in [5.41, 5.74) is 7.18. The number of carbonyl (C=O) groups is 1. The normalized spacial score (nSPS) is 14.4. The highest BCUT2D eigenvalue weighted by Crippen LogP contribution is 2.49. The van der Waals surface area contributed by atoms with Gasteiger partial charge in [0.05, 0.1) is 5.41 Å². The lowest BCUT2D eigenvalue weighted by atomic mass is 9.95. The van der Waals surface area contributed by atoms with Crippen LogP contribution in [0, 0.1) is 5.41 Å². The molecule has 4 nitrogen and oxygen atoms in total. The number of anilines is 1. The van der Waals surface area contributed by atoms with Crippen LogP contribution < -0.4 is 15.8 Å². The van der Waals surface area contributed by atoms with Crippen molar-refractivity contribution in [1.82, 2.24) is 0 Å². The summed E-state index contributed by atoms with van der Waals surface area (Å²) in [7, 11) is 0. The SMILES string of the molecule is Cl.NCCOc1ccc(NC(=O)C2(Cc3ccccc3)CC2)cc1. The molecule has 0 saturated heterocycles. The molecule has 0 aromatic heterocycles. The number of benzene rings is 2. The van der Waals surface area contributed by atoms with E-state index >= 15 is 0 Å². The largest absolute Gasteiger partial charge is 0.492 e. The second-order valence-electron chi connectivity index (χ2n) is 6.06. The van der Waals surface area contributed by atoms with Gasteiger partial charge in [-0.2, -0.15) is 0 Å². The topological polar surface area (TPSA) is 64.3 Å². The van der Waals surface area contributed by atoms with E-state index in [-0.39, 0.29) is 23.7 Å². The third-order valence-corrected chi connectivity index (χ3v) is 4.22. The van der Waals surface area contributed by atoms with Gasteiger partial charge in [-0.15, -0.1) is 12.4 Å². The standard InChI is InChI=1S/C19H22N2O2.ClH/c20-12-13-23-17-8-6-16(7-9-17)21-18(22)19(10-11-19)14-15-4-2-1-3-5-15;/h1-9H,10-14,20H2,(H,21,22);1H. The summed E-state index contributed by atoms with van der Waals surface area (Å²) in [4.78, 5) is 12.6. The van der Waals surface area contributed by atoms with Crippen molar-refractivity contribution in [2.75, 3.05) is 18.5 Å². The molecule has 0 unspecified atom stereocenters. The fourth-order valence-corrected chi connectivity index (χ4v) is 2.70. The number of ether oxygens (including phenoxy) is 1. The van der Waals surface area contributed by atoms with Crippen molar-refractivity contribution < 1.29 is 9.53 Å². The highest BCUT2D eigenvalue weighted by Gasteiger charge is 2.49. The van der Waals surface area contributed by atoms with Gasteiger partial charge in [0.1, 0.15) is 12.4 Å². The van der Waals surface area contributed by atoms with E-state index in [1.54, 1.807) is 0 Å². The van der Waals surface area contributed by atoms with Gasteiger partial charge in [-0.25, -0.2) is 0 Å². The minimum atomic E-state index is -0.240. The molecular weight excluding hydrogens is 324 g/mol. The van der Waals surface area contributed by atoms with Crippen LogP contribution in [0.4, 0.5) is 5.69 Å². The molecule has 0 bridgehead atoms. The molecule has 3 rings (SSSR count). The zero-order chi connectivity index (χ0) is 16.1. The highest BCUT2D eigenvalue weighted by molar-refractivity contribution is 5.97. The number of amides is 1.